The highest BCUT2D eigenvalue weighted by atomic mass is 19.1. The topological polar surface area (TPSA) is 74.4 Å². The number of nitrogens with zero attached hydrogens (tertiary/aromatic N) is 1. The number of hydrogen-bond donors (Lipinski definition) is 2. The second-order valence-corrected chi connectivity index (χ2v) is 7.66. The van der Waals surface area contributed by atoms with Gasteiger partial charge in [0, 0.05) is 36.2 Å². The molecule has 6 nitrogen and oxygen atoms in total. The SMILES string of the molecule is CC(C)(C)OC(=O)N1CC[C@@H](NC(=O)Cc2c[nH]c3cc(F)ccc23)C1. The zero-order valence-electron chi connectivity index (χ0n) is 15.3. The van der Waals surface area contributed by atoms with Gasteiger partial charge in [0.05, 0.1) is 6.42 Å². The first-order valence-corrected chi connectivity index (χ1v) is 8.74. The quantitative estimate of drug-likeness (QED) is 0.883. The van der Waals surface area contributed by atoms with Crippen molar-refractivity contribution in [3.8, 4) is 0 Å². The summed E-state index contributed by atoms with van der Waals surface area (Å²) in [5, 5.41) is 3.80. The molecule has 0 aliphatic carbocycles. The molecule has 2 N–H and O–H groups in total. The van der Waals surface area contributed by atoms with E-state index in [2.05, 4.69) is 10.3 Å². The summed E-state index contributed by atoms with van der Waals surface area (Å²) in [7, 11) is 0. The number of ether oxygens (including phenoxy) is 1. The van der Waals surface area contributed by atoms with E-state index < -0.39 is 5.60 Å². The van der Waals surface area contributed by atoms with Crippen molar-refractivity contribution < 1.29 is 18.7 Å². The summed E-state index contributed by atoms with van der Waals surface area (Å²) < 4.78 is 18.6. The molecule has 1 saturated heterocycles. The van der Waals surface area contributed by atoms with Crippen LogP contribution in [0.4, 0.5) is 9.18 Å². The van der Waals surface area contributed by atoms with E-state index in [9.17, 15) is 14.0 Å². The van der Waals surface area contributed by atoms with Gasteiger partial charge in [0.25, 0.3) is 0 Å². The molecule has 1 aromatic carbocycles. The molecule has 0 radical (unpaired) electrons. The van der Waals surface area contributed by atoms with Crippen molar-refractivity contribution in [2.45, 2.75) is 45.3 Å². The number of amides is 2. The fraction of sp³-hybridized carbons (Fsp3) is 0.474. The molecule has 1 aromatic heterocycles. The van der Waals surface area contributed by atoms with Crippen LogP contribution in [0, 0.1) is 5.82 Å². The van der Waals surface area contributed by atoms with E-state index in [0.717, 1.165) is 10.9 Å². The van der Waals surface area contributed by atoms with Crippen LogP contribution in [0.3, 0.4) is 0 Å². The number of H-pyrrole nitrogens is 1. The van der Waals surface area contributed by atoms with Crippen molar-refractivity contribution in [3.05, 3.63) is 35.8 Å². The molecule has 7 heteroatoms. The van der Waals surface area contributed by atoms with Gasteiger partial charge in [-0.3, -0.25) is 4.79 Å². The highest BCUT2D eigenvalue weighted by molar-refractivity contribution is 5.89. The van der Waals surface area contributed by atoms with E-state index in [1.165, 1.54) is 12.1 Å². The zero-order valence-corrected chi connectivity index (χ0v) is 15.3. The third-order valence-corrected chi connectivity index (χ3v) is 4.29. The summed E-state index contributed by atoms with van der Waals surface area (Å²) in [5.41, 5.74) is 0.956. The van der Waals surface area contributed by atoms with E-state index in [1.807, 2.05) is 20.8 Å². The molecular formula is C19H24FN3O3. The number of carbonyl (C=O) groups excluding carboxylic acids is 2. The summed E-state index contributed by atoms with van der Waals surface area (Å²) >= 11 is 0. The van der Waals surface area contributed by atoms with Crippen LogP contribution >= 0.6 is 0 Å². The van der Waals surface area contributed by atoms with E-state index in [-0.39, 0.29) is 30.3 Å². The summed E-state index contributed by atoms with van der Waals surface area (Å²) in [6.45, 7) is 6.49. The Balaban J connectivity index is 1.55. The zero-order chi connectivity index (χ0) is 18.9. The number of likely N-dealkylation sites (tertiary alicyclic amines) is 1. The minimum atomic E-state index is -0.534. The number of aromatic nitrogens is 1. The van der Waals surface area contributed by atoms with E-state index in [0.29, 0.717) is 25.0 Å². The summed E-state index contributed by atoms with van der Waals surface area (Å²) in [6.07, 6.45) is 2.28. The van der Waals surface area contributed by atoms with E-state index in [1.54, 1.807) is 17.2 Å². The molecule has 2 heterocycles. The summed E-state index contributed by atoms with van der Waals surface area (Å²) in [4.78, 5) is 29.0. The molecule has 26 heavy (non-hydrogen) atoms. The predicted molar refractivity (Wildman–Crippen MR) is 96.3 cm³/mol. The first-order valence-electron chi connectivity index (χ1n) is 8.74. The number of aromatic amines is 1. The molecule has 3 rings (SSSR count). The lowest BCUT2D eigenvalue weighted by Gasteiger charge is -2.24. The van der Waals surface area contributed by atoms with Gasteiger partial charge in [0.2, 0.25) is 5.91 Å². The molecule has 0 bridgehead atoms. The molecule has 0 spiro atoms. The monoisotopic (exact) mass is 361 g/mol. The van der Waals surface area contributed by atoms with Gasteiger partial charge < -0.3 is 19.9 Å². The van der Waals surface area contributed by atoms with Crippen molar-refractivity contribution >= 4 is 22.9 Å². The van der Waals surface area contributed by atoms with Crippen LogP contribution in [0.1, 0.15) is 32.8 Å². The normalized spacial score (nSPS) is 17.5. The minimum Gasteiger partial charge on any atom is -0.444 e. The van der Waals surface area contributed by atoms with E-state index in [4.69, 9.17) is 4.74 Å². The average molecular weight is 361 g/mol. The largest absolute Gasteiger partial charge is 0.444 e. The standard InChI is InChI=1S/C19H24FN3O3/c1-19(2,3)26-18(25)23-7-6-14(11-23)22-17(24)8-12-10-21-16-9-13(20)4-5-15(12)16/h4-5,9-10,14,21H,6-8,11H2,1-3H3,(H,22,24)/t14-/m1/s1. The van der Waals surface area contributed by atoms with Crippen LogP contribution in [0.5, 0.6) is 0 Å². The number of carbonyl (C=O) groups is 2. The van der Waals surface area contributed by atoms with Gasteiger partial charge in [-0.2, -0.15) is 0 Å². The second-order valence-electron chi connectivity index (χ2n) is 7.66. The Morgan fingerprint density at radius 2 is 2.15 bits per heavy atom. The van der Waals surface area contributed by atoms with Crippen LogP contribution in [-0.2, 0) is 16.0 Å². The Morgan fingerprint density at radius 1 is 1.38 bits per heavy atom. The molecule has 1 fully saturated rings. The predicted octanol–water partition coefficient (Wildman–Crippen LogP) is 2.98. The molecular weight excluding hydrogens is 337 g/mol. The van der Waals surface area contributed by atoms with Crippen molar-refractivity contribution in [2.75, 3.05) is 13.1 Å². The number of rotatable bonds is 3. The molecule has 0 saturated carbocycles. The maximum Gasteiger partial charge on any atom is 0.410 e. The van der Waals surface area contributed by atoms with E-state index >= 15 is 0 Å². The Bertz CT molecular complexity index is 825. The van der Waals surface area contributed by atoms with Crippen molar-refractivity contribution in [2.24, 2.45) is 0 Å². The molecule has 1 aliphatic rings. The Kier molecular flexibility index (Phi) is 4.89. The number of nitrogens with one attached hydrogen (secondary N) is 2. The number of hydrogen-bond acceptors (Lipinski definition) is 3. The first kappa shape index (κ1) is 18.2. The Morgan fingerprint density at radius 3 is 2.88 bits per heavy atom. The first-order chi connectivity index (χ1) is 12.2. The number of halogens is 1. The van der Waals surface area contributed by atoms with Crippen molar-refractivity contribution in [1.29, 1.82) is 0 Å². The second kappa shape index (κ2) is 6.97. The lowest BCUT2D eigenvalue weighted by atomic mass is 10.1. The molecule has 0 unspecified atom stereocenters. The maximum absolute atomic E-state index is 13.2. The molecule has 140 valence electrons. The molecule has 2 aromatic rings. The van der Waals surface area contributed by atoms with Crippen LogP contribution in [0.15, 0.2) is 24.4 Å². The smallest absolute Gasteiger partial charge is 0.410 e. The molecule has 2 amide bonds. The average Bonchev–Trinajstić information content (AvgIpc) is 3.13. The highest BCUT2D eigenvalue weighted by Gasteiger charge is 2.30. The minimum absolute atomic E-state index is 0.0855. The van der Waals surface area contributed by atoms with Gasteiger partial charge >= 0.3 is 6.09 Å². The maximum atomic E-state index is 13.2. The van der Waals surface area contributed by atoms with Gasteiger partial charge in [-0.15, -0.1) is 0 Å². The number of fused-ring (bicyclic) bond motifs is 1. The Labute approximate surface area is 151 Å². The van der Waals surface area contributed by atoms with Crippen LogP contribution in [0.2, 0.25) is 0 Å². The van der Waals surface area contributed by atoms with Gasteiger partial charge in [0.15, 0.2) is 0 Å². The summed E-state index contributed by atoms with van der Waals surface area (Å²) in [6, 6.07) is 4.38. The van der Waals surface area contributed by atoms with Crippen molar-refractivity contribution in [1.82, 2.24) is 15.2 Å². The fourth-order valence-corrected chi connectivity index (χ4v) is 3.13. The van der Waals surface area contributed by atoms with Crippen LogP contribution < -0.4 is 5.32 Å². The fourth-order valence-electron chi connectivity index (χ4n) is 3.13. The van der Waals surface area contributed by atoms with Gasteiger partial charge in [-0.25, -0.2) is 9.18 Å². The molecule has 1 aliphatic heterocycles. The third-order valence-electron chi connectivity index (χ3n) is 4.29. The molecule has 1 atom stereocenters. The number of benzene rings is 1. The third kappa shape index (κ3) is 4.33. The Hall–Kier alpha value is -2.57. The van der Waals surface area contributed by atoms with Gasteiger partial charge in [0.1, 0.15) is 11.4 Å². The summed E-state index contributed by atoms with van der Waals surface area (Å²) in [5.74, 6) is -0.435. The lowest BCUT2D eigenvalue weighted by molar-refractivity contribution is -0.121. The highest BCUT2D eigenvalue weighted by Crippen LogP contribution is 2.20. The van der Waals surface area contributed by atoms with Gasteiger partial charge in [-0.05, 0) is 51.0 Å². The van der Waals surface area contributed by atoms with Crippen LogP contribution in [-0.4, -0.2) is 46.6 Å². The van der Waals surface area contributed by atoms with Crippen molar-refractivity contribution in [3.63, 3.8) is 0 Å². The van der Waals surface area contributed by atoms with Crippen LogP contribution in [0.25, 0.3) is 10.9 Å². The van der Waals surface area contributed by atoms with Gasteiger partial charge in [-0.1, -0.05) is 0 Å². The lowest BCUT2D eigenvalue weighted by Crippen LogP contribution is -2.40.